The van der Waals surface area contributed by atoms with E-state index in [1.165, 1.54) is 0 Å². The molecule has 1 N–H and O–H groups in total. The third-order valence-corrected chi connectivity index (χ3v) is 2.77. The van der Waals surface area contributed by atoms with Gasteiger partial charge in [-0.1, -0.05) is 18.1 Å². The molecule has 0 spiro atoms. The van der Waals surface area contributed by atoms with Crippen LogP contribution >= 0.6 is 0 Å². The summed E-state index contributed by atoms with van der Waals surface area (Å²) < 4.78 is 15.7. The average molecular weight is 264 g/mol. The van der Waals surface area contributed by atoms with Crippen LogP contribution < -0.4 is 9.47 Å². The van der Waals surface area contributed by atoms with E-state index in [1.807, 2.05) is 6.92 Å². The molecule has 0 fully saturated rings. The maximum atomic E-state index is 9.69. The highest BCUT2D eigenvalue weighted by Crippen LogP contribution is 2.37. The van der Waals surface area contributed by atoms with Crippen molar-refractivity contribution >= 4 is 0 Å². The Morgan fingerprint density at radius 1 is 1.26 bits per heavy atom. The van der Waals surface area contributed by atoms with Gasteiger partial charge in [-0.25, -0.2) is 0 Å². The molecule has 0 radical (unpaired) electrons. The topological polar surface area (TPSA) is 77.6 Å². The van der Waals surface area contributed by atoms with Gasteiger partial charge in [0.2, 0.25) is 5.82 Å². The molecule has 0 saturated carbocycles. The Hall–Kier alpha value is -2.08. The molecule has 2 aromatic rings. The van der Waals surface area contributed by atoms with Gasteiger partial charge >= 0.3 is 0 Å². The number of aromatic nitrogens is 2. The summed E-state index contributed by atoms with van der Waals surface area (Å²) in [5, 5.41) is 13.5. The first-order chi connectivity index (χ1) is 9.21. The van der Waals surface area contributed by atoms with Crippen LogP contribution in [-0.4, -0.2) is 29.5 Å². The number of aliphatic hydroxyl groups is 1. The summed E-state index contributed by atoms with van der Waals surface area (Å²) in [6.07, 6.45) is -0.222. The Balaban J connectivity index is 2.48. The fraction of sp³-hybridized carbons (Fsp3) is 0.385. The molecule has 6 nitrogen and oxygen atoms in total. The normalized spacial score (nSPS) is 12.2. The summed E-state index contributed by atoms with van der Waals surface area (Å²) in [5.41, 5.74) is 0.578. The van der Waals surface area contributed by atoms with Crippen molar-refractivity contribution in [3.63, 3.8) is 0 Å². The number of methoxy groups -OCH3 is 2. The second kappa shape index (κ2) is 5.71. The van der Waals surface area contributed by atoms with Crippen LogP contribution in [0.15, 0.2) is 22.7 Å². The Labute approximate surface area is 111 Å². The van der Waals surface area contributed by atoms with E-state index in [-0.39, 0.29) is 11.7 Å². The number of ether oxygens (including phenoxy) is 2. The molecular formula is C13H16N2O4. The third-order valence-electron chi connectivity index (χ3n) is 2.77. The van der Waals surface area contributed by atoms with Crippen LogP contribution in [0.25, 0.3) is 11.5 Å². The van der Waals surface area contributed by atoms with Crippen molar-refractivity contribution in [3.8, 4) is 23.0 Å². The van der Waals surface area contributed by atoms with E-state index >= 15 is 0 Å². The molecule has 0 aliphatic heterocycles. The molecule has 0 aliphatic rings. The van der Waals surface area contributed by atoms with E-state index in [9.17, 15) is 5.11 Å². The summed E-state index contributed by atoms with van der Waals surface area (Å²) in [6.45, 7) is 1.84. The Bertz CT molecular complexity index is 531. The van der Waals surface area contributed by atoms with Crippen LogP contribution in [-0.2, 0) is 0 Å². The lowest BCUT2D eigenvalue weighted by Crippen LogP contribution is -1.98. The Morgan fingerprint density at radius 3 is 2.42 bits per heavy atom. The van der Waals surface area contributed by atoms with Crippen LogP contribution in [0.2, 0.25) is 0 Å². The monoisotopic (exact) mass is 264 g/mol. The minimum Gasteiger partial charge on any atom is -0.496 e. The summed E-state index contributed by atoms with van der Waals surface area (Å²) in [5.74, 6) is 1.66. The summed E-state index contributed by atoms with van der Waals surface area (Å²) in [7, 11) is 3.10. The number of nitrogens with zero attached hydrogens (tertiary/aromatic N) is 2. The molecule has 0 aliphatic carbocycles. The van der Waals surface area contributed by atoms with Crippen molar-refractivity contribution in [2.45, 2.75) is 19.4 Å². The predicted molar refractivity (Wildman–Crippen MR) is 68.1 cm³/mol. The fourth-order valence-electron chi connectivity index (χ4n) is 1.72. The second-order valence-corrected chi connectivity index (χ2v) is 3.92. The standard InChI is InChI=1S/C13H16N2O4/c1-4-8(16)12-14-13(19-15-12)11-9(17-2)6-5-7-10(11)18-3/h5-8,16H,4H2,1-3H3. The van der Waals surface area contributed by atoms with E-state index in [2.05, 4.69) is 10.1 Å². The Kier molecular flexibility index (Phi) is 4.01. The van der Waals surface area contributed by atoms with Gasteiger partial charge in [-0.05, 0) is 18.6 Å². The first-order valence-electron chi connectivity index (χ1n) is 5.94. The quantitative estimate of drug-likeness (QED) is 0.892. The zero-order valence-corrected chi connectivity index (χ0v) is 11.1. The SMILES string of the molecule is CCC(O)c1noc(-c2c(OC)cccc2OC)n1. The molecule has 2 rings (SSSR count). The molecule has 102 valence electrons. The zero-order chi connectivity index (χ0) is 13.8. The van der Waals surface area contributed by atoms with Crippen LogP contribution in [0.5, 0.6) is 11.5 Å². The Morgan fingerprint density at radius 2 is 1.89 bits per heavy atom. The van der Waals surface area contributed by atoms with Crippen molar-refractivity contribution in [1.29, 1.82) is 0 Å². The minimum atomic E-state index is -0.738. The van der Waals surface area contributed by atoms with Crippen molar-refractivity contribution in [1.82, 2.24) is 10.1 Å². The molecule has 1 unspecified atom stereocenters. The highest BCUT2D eigenvalue weighted by atomic mass is 16.5. The van der Waals surface area contributed by atoms with E-state index in [4.69, 9.17) is 14.0 Å². The lowest BCUT2D eigenvalue weighted by atomic mass is 10.1. The summed E-state index contributed by atoms with van der Waals surface area (Å²) in [6, 6.07) is 5.36. The van der Waals surface area contributed by atoms with Crippen molar-refractivity contribution in [2.75, 3.05) is 14.2 Å². The molecule has 1 heterocycles. The maximum Gasteiger partial charge on any atom is 0.265 e. The summed E-state index contributed by atoms with van der Waals surface area (Å²) >= 11 is 0. The van der Waals surface area contributed by atoms with Crippen molar-refractivity contribution in [3.05, 3.63) is 24.0 Å². The van der Waals surface area contributed by atoms with Gasteiger partial charge in [0.15, 0.2) is 0 Å². The van der Waals surface area contributed by atoms with Crippen LogP contribution in [0.4, 0.5) is 0 Å². The zero-order valence-electron chi connectivity index (χ0n) is 11.1. The van der Waals surface area contributed by atoms with Gasteiger partial charge < -0.3 is 19.1 Å². The maximum absolute atomic E-state index is 9.69. The fourth-order valence-corrected chi connectivity index (χ4v) is 1.72. The largest absolute Gasteiger partial charge is 0.496 e. The molecule has 19 heavy (non-hydrogen) atoms. The number of hydrogen-bond donors (Lipinski definition) is 1. The van der Waals surface area contributed by atoms with E-state index in [0.29, 0.717) is 23.5 Å². The van der Waals surface area contributed by atoms with Gasteiger partial charge in [-0.3, -0.25) is 0 Å². The molecular weight excluding hydrogens is 248 g/mol. The van der Waals surface area contributed by atoms with Gasteiger partial charge in [0, 0.05) is 0 Å². The lowest BCUT2D eigenvalue weighted by Gasteiger charge is -2.09. The van der Waals surface area contributed by atoms with Crippen LogP contribution in [0.3, 0.4) is 0 Å². The molecule has 1 aromatic carbocycles. The van der Waals surface area contributed by atoms with Crippen molar-refractivity contribution < 1.29 is 19.1 Å². The second-order valence-electron chi connectivity index (χ2n) is 3.92. The van der Waals surface area contributed by atoms with Gasteiger partial charge in [0.25, 0.3) is 5.89 Å². The molecule has 1 atom stereocenters. The number of benzene rings is 1. The van der Waals surface area contributed by atoms with Crippen LogP contribution in [0, 0.1) is 0 Å². The highest BCUT2D eigenvalue weighted by molar-refractivity contribution is 5.70. The van der Waals surface area contributed by atoms with Crippen LogP contribution in [0.1, 0.15) is 25.3 Å². The van der Waals surface area contributed by atoms with Gasteiger partial charge in [0.05, 0.1) is 14.2 Å². The molecule has 1 aromatic heterocycles. The first kappa shape index (κ1) is 13.4. The summed E-state index contributed by atoms with van der Waals surface area (Å²) in [4.78, 5) is 4.18. The molecule has 6 heteroatoms. The van der Waals surface area contributed by atoms with E-state index < -0.39 is 6.10 Å². The van der Waals surface area contributed by atoms with E-state index in [0.717, 1.165) is 0 Å². The first-order valence-corrected chi connectivity index (χ1v) is 5.94. The number of hydrogen-bond acceptors (Lipinski definition) is 6. The van der Waals surface area contributed by atoms with Crippen molar-refractivity contribution in [2.24, 2.45) is 0 Å². The minimum absolute atomic E-state index is 0.255. The van der Waals surface area contributed by atoms with Gasteiger partial charge in [-0.2, -0.15) is 4.98 Å². The highest BCUT2D eigenvalue weighted by Gasteiger charge is 2.21. The molecule has 0 saturated heterocycles. The van der Waals surface area contributed by atoms with E-state index in [1.54, 1.807) is 32.4 Å². The lowest BCUT2D eigenvalue weighted by molar-refractivity contribution is 0.159. The number of aliphatic hydroxyl groups excluding tert-OH is 1. The molecule has 0 bridgehead atoms. The predicted octanol–water partition coefficient (Wildman–Crippen LogP) is 2.20. The molecule has 0 amide bonds. The smallest absolute Gasteiger partial charge is 0.265 e. The average Bonchev–Trinajstić information content (AvgIpc) is 2.94. The number of rotatable bonds is 5. The van der Waals surface area contributed by atoms with Gasteiger partial charge in [-0.15, -0.1) is 0 Å². The third kappa shape index (κ3) is 2.53. The van der Waals surface area contributed by atoms with Gasteiger partial charge in [0.1, 0.15) is 23.2 Å².